The average Bonchev–Trinajstić information content (AvgIpc) is 3.40. The second-order valence-corrected chi connectivity index (χ2v) is 6.75. The van der Waals surface area contributed by atoms with E-state index in [1.54, 1.807) is 12.1 Å². The van der Waals surface area contributed by atoms with E-state index in [0.29, 0.717) is 11.3 Å². The van der Waals surface area contributed by atoms with Crippen molar-refractivity contribution in [1.82, 2.24) is 20.7 Å². The van der Waals surface area contributed by atoms with Crippen LogP contribution in [0.4, 0.5) is 9.18 Å². The van der Waals surface area contributed by atoms with E-state index in [2.05, 4.69) is 15.8 Å². The summed E-state index contributed by atoms with van der Waals surface area (Å²) in [5, 5.41) is 8.64. The lowest BCUT2D eigenvalue weighted by atomic mass is 10.0. The molecule has 2 aliphatic heterocycles. The lowest BCUT2D eigenvalue weighted by Gasteiger charge is -2.32. The van der Waals surface area contributed by atoms with Crippen molar-refractivity contribution >= 4 is 17.8 Å². The molecular weight excluding hydrogens is 379 g/mol. The van der Waals surface area contributed by atoms with Gasteiger partial charge in [-0.1, -0.05) is 41.6 Å². The van der Waals surface area contributed by atoms with Crippen LogP contribution in [0.3, 0.4) is 0 Å². The fraction of sp³-hybridized carbons (Fsp3) is 0.100. The van der Waals surface area contributed by atoms with Gasteiger partial charge >= 0.3 is 6.03 Å². The second kappa shape index (κ2) is 5.99. The number of rotatable bonds is 3. The van der Waals surface area contributed by atoms with E-state index in [1.165, 1.54) is 18.2 Å². The van der Waals surface area contributed by atoms with Crippen LogP contribution >= 0.6 is 0 Å². The predicted molar refractivity (Wildman–Crippen MR) is 96.6 cm³/mol. The SMILES string of the molecule is O=C1NC(=O)C(c2cc(-c3ccccc3)no2)(N2Cc3ccc(F)cc3C2=O)N1. The molecule has 8 nitrogen and oxygen atoms in total. The summed E-state index contributed by atoms with van der Waals surface area (Å²) in [7, 11) is 0. The van der Waals surface area contributed by atoms with Gasteiger partial charge < -0.3 is 9.84 Å². The van der Waals surface area contributed by atoms with Crippen LogP contribution in [-0.2, 0) is 17.0 Å². The molecule has 3 heterocycles. The third-order valence-corrected chi connectivity index (χ3v) is 5.07. The quantitative estimate of drug-likeness (QED) is 0.665. The lowest BCUT2D eigenvalue weighted by molar-refractivity contribution is -0.131. The van der Waals surface area contributed by atoms with E-state index in [0.717, 1.165) is 16.5 Å². The molecule has 0 spiro atoms. The minimum absolute atomic E-state index is 0.0104. The fourth-order valence-corrected chi connectivity index (χ4v) is 3.68. The number of carbonyl (C=O) groups excluding carboxylic acids is 3. The maximum absolute atomic E-state index is 13.6. The Morgan fingerprint density at radius 2 is 1.86 bits per heavy atom. The molecule has 5 rings (SSSR count). The molecule has 0 saturated carbocycles. The summed E-state index contributed by atoms with van der Waals surface area (Å²) in [5.41, 5.74) is -0.0952. The number of fused-ring (bicyclic) bond motifs is 1. The highest BCUT2D eigenvalue weighted by atomic mass is 19.1. The summed E-state index contributed by atoms with van der Waals surface area (Å²) < 4.78 is 19.1. The van der Waals surface area contributed by atoms with Gasteiger partial charge in [-0.15, -0.1) is 0 Å². The first-order valence-electron chi connectivity index (χ1n) is 8.75. The summed E-state index contributed by atoms with van der Waals surface area (Å²) in [6.07, 6.45) is 0. The maximum atomic E-state index is 13.6. The molecule has 0 bridgehead atoms. The molecular formula is C20H13FN4O4. The number of nitrogens with one attached hydrogen (secondary N) is 2. The zero-order chi connectivity index (χ0) is 20.2. The van der Waals surface area contributed by atoms with Crippen LogP contribution in [-0.4, -0.2) is 27.9 Å². The molecule has 9 heteroatoms. The molecule has 1 saturated heterocycles. The highest BCUT2D eigenvalue weighted by molar-refractivity contribution is 6.10. The van der Waals surface area contributed by atoms with Crippen molar-refractivity contribution in [2.24, 2.45) is 0 Å². The normalized spacial score (nSPS) is 20.6. The molecule has 0 aliphatic carbocycles. The number of amides is 4. The zero-order valence-electron chi connectivity index (χ0n) is 14.8. The monoisotopic (exact) mass is 392 g/mol. The van der Waals surface area contributed by atoms with E-state index in [9.17, 15) is 18.8 Å². The standard InChI is InChI=1S/C20H13FN4O4/c21-13-7-6-12-10-25(17(26)14(12)8-13)20(18(27)22-19(28)23-20)16-9-15(24-29-16)11-4-2-1-3-5-11/h1-9H,10H2,(H2,22,23,27,28). The summed E-state index contributed by atoms with van der Waals surface area (Å²) in [6, 6.07) is 13.6. The molecule has 2 N–H and O–H groups in total. The summed E-state index contributed by atoms with van der Waals surface area (Å²) >= 11 is 0. The number of benzene rings is 2. The Kier molecular flexibility index (Phi) is 3.54. The maximum Gasteiger partial charge on any atom is 0.324 e. The Bertz CT molecular complexity index is 1180. The van der Waals surface area contributed by atoms with Gasteiger partial charge in [0.2, 0.25) is 0 Å². The molecule has 1 unspecified atom stereocenters. The Balaban J connectivity index is 1.62. The first-order chi connectivity index (χ1) is 14.0. The van der Waals surface area contributed by atoms with Crippen molar-refractivity contribution in [2.75, 3.05) is 0 Å². The number of aromatic nitrogens is 1. The minimum atomic E-state index is -1.93. The van der Waals surface area contributed by atoms with Crippen molar-refractivity contribution in [3.63, 3.8) is 0 Å². The van der Waals surface area contributed by atoms with Crippen molar-refractivity contribution in [2.45, 2.75) is 12.2 Å². The van der Waals surface area contributed by atoms with Crippen LogP contribution in [0.2, 0.25) is 0 Å². The number of urea groups is 1. The topological polar surface area (TPSA) is 105 Å². The average molecular weight is 392 g/mol. The highest BCUT2D eigenvalue weighted by Gasteiger charge is 2.59. The highest BCUT2D eigenvalue weighted by Crippen LogP contribution is 2.38. The third kappa shape index (κ3) is 2.44. The Morgan fingerprint density at radius 1 is 1.07 bits per heavy atom. The van der Waals surface area contributed by atoms with E-state index in [1.807, 2.05) is 18.2 Å². The molecule has 29 heavy (non-hydrogen) atoms. The smallest absolute Gasteiger partial charge is 0.324 e. The van der Waals surface area contributed by atoms with Gasteiger partial charge in [-0.3, -0.25) is 19.8 Å². The molecule has 1 atom stereocenters. The molecule has 0 radical (unpaired) electrons. The van der Waals surface area contributed by atoms with Crippen molar-refractivity contribution in [3.05, 3.63) is 77.3 Å². The van der Waals surface area contributed by atoms with E-state index < -0.39 is 29.3 Å². The number of halogens is 1. The molecule has 2 aromatic carbocycles. The fourth-order valence-electron chi connectivity index (χ4n) is 3.68. The van der Waals surface area contributed by atoms with Crippen LogP contribution in [0, 0.1) is 5.82 Å². The van der Waals surface area contributed by atoms with E-state index >= 15 is 0 Å². The number of hydrogen-bond donors (Lipinski definition) is 2. The van der Waals surface area contributed by atoms with E-state index in [-0.39, 0.29) is 17.9 Å². The van der Waals surface area contributed by atoms with Crippen LogP contribution in [0.25, 0.3) is 11.3 Å². The molecule has 144 valence electrons. The zero-order valence-corrected chi connectivity index (χ0v) is 14.8. The third-order valence-electron chi connectivity index (χ3n) is 5.07. The Hall–Kier alpha value is -4.01. The van der Waals surface area contributed by atoms with Gasteiger partial charge in [-0.2, -0.15) is 0 Å². The van der Waals surface area contributed by atoms with Gasteiger partial charge in [0, 0.05) is 17.2 Å². The molecule has 1 aromatic heterocycles. The van der Waals surface area contributed by atoms with Gasteiger partial charge in [0.1, 0.15) is 11.5 Å². The largest absolute Gasteiger partial charge is 0.356 e. The van der Waals surface area contributed by atoms with Gasteiger partial charge in [0.05, 0.1) is 6.54 Å². The van der Waals surface area contributed by atoms with Crippen LogP contribution in [0.5, 0.6) is 0 Å². The van der Waals surface area contributed by atoms with Crippen molar-refractivity contribution < 1.29 is 23.3 Å². The molecule has 2 aliphatic rings. The second-order valence-electron chi connectivity index (χ2n) is 6.75. The minimum Gasteiger partial charge on any atom is -0.356 e. The number of nitrogens with zero attached hydrogens (tertiary/aromatic N) is 2. The van der Waals surface area contributed by atoms with Crippen LogP contribution in [0.15, 0.2) is 59.1 Å². The number of carbonyl (C=O) groups is 3. The lowest BCUT2D eigenvalue weighted by Crippen LogP contribution is -2.57. The first kappa shape index (κ1) is 17.1. The molecule has 3 aromatic rings. The number of hydrogen-bond acceptors (Lipinski definition) is 5. The summed E-state index contributed by atoms with van der Waals surface area (Å²) in [5.74, 6) is -1.98. The van der Waals surface area contributed by atoms with Gasteiger partial charge in [0.15, 0.2) is 5.76 Å². The summed E-state index contributed by atoms with van der Waals surface area (Å²) in [4.78, 5) is 39.0. The van der Waals surface area contributed by atoms with Crippen LogP contribution < -0.4 is 10.6 Å². The predicted octanol–water partition coefficient (Wildman–Crippen LogP) is 2.13. The van der Waals surface area contributed by atoms with Gasteiger partial charge in [-0.25, -0.2) is 9.18 Å². The van der Waals surface area contributed by atoms with Crippen molar-refractivity contribution in [3.8, 4) is 11.3 Å². The Labute approximate surface area is 163 Å². The first-order valence-corrected chi connectivity index (χ1v) is 8.75. The van der Waals surface area contributed by atoms with Gasteiger partial charge in [-0.05, 0) is 17.7 Å². The van der Waals surface area contributed by atoms with Gasteiger partial charge in [0.25, 0.3) is 17.5 Å². The van der Waals surface area contributed by atoms with Crippen molar-refractivity contribution in [1.29, 1.82) is 0 Å². The number of imide groups is 1. The Morgan fingerprint density at radius 3 is 2.59 bits per heavy atom. The summed E-state index contributed by atoms with van der Waals surface area (Å²) in [6.45, 7) is -0.0104. The molecule has 4 amide bonds. The molecule has 1 fully saturated rings. The van der Waals surface area contributed by atoms with E-state index in [4.69, 9.17) is 4.52 Å². The van der Waals surface area contributed by atoms with Crippen LogP contribution in [0.1, 0.15) is 21.7 Å².